The number of nitrogens with zero attached hydrogens (tertiary/aromatic N) is 1. The number of piperidine rings is 1. The van der Waals surface area contributed by atoms with Gasteiger partial charge in [0.2, 0.25) is 0 Å². The van der Waals surface area contributed by atoms with Crippen LogP contribution in [0.4, 0.5) is 13.2 Å². The van der Waals surface area contributed by atoms with E-state index >= 15 is 0 Å². The van der Waals surface area contributed by atoms with E-state index in [4.69, 9.17) is 5.11 Å². The molecule has 0 radical (unpaired) electrons. The first-order valence-corrected chi connectivity index (χ1v) is 6.66. The van der Waals surface area contributed by atoms with Gasteiger partial charge in [-0.2, -0.15) is 13.2 Å². The lowest BCUT2D eigenvalue weighted by Crippen LogP contribution is -2.48. The zero-order valence-electron chi connectivity index (χ0n) is 10.6. The van der Waals surface area contributed by atoms with Crippen LogP contribution in [0.5, 0.6) is 0 Å². The fourth-order valence-corrected chi connectivity index (χ4v) is 3.10. The summed E-state index contributed by atoms with van der Waals surface area (Å²) in [5.74, 6) is -4.12. The van der Waals surface area contributed by atoms with Crippen LogP contribution in [0.1, 0.15) is 25.7 Å². The van der Waals surface area contributed by atoms with Crippen LogP contribution < -0.4 is 5.32 Å². The van der Waals surface area contributed by atoms with Crippen molar-refractivity contribution in [1.82, 2.24) is 10.2 Å². The summed E-state index contributed by atoms with van der Waals surface area (Å²) in [5.41, 5.74) is 0. The van der Waals surface area contributed by atoms with E-state index < -0.39 is 24.6 Å². The molecule has 19 heavy (non-hydrogen) atoms. The lowest BCUT2D eigenvalue weighted by atomic mass is 9.98. The highest BCUT2D eigenvalue weighted by Crippen LogP contribution is 2.29. The minimum absolute atomic E-state index is 0.00972. The van der Waals surface area contributed by atoms with Crippen LogP contribution in [0.25, 0.3) is 0 Å². The van der Waals surface area contributed by atoms with Crippen molar-refractivity contribution in [2.75, 3.05) is 19.6 Å². The summed E-state index contributed by atoms with van der Waals surface area (Å²) >= 11 is 0. The van der Waals surface area contributed by atoms with Crippen molar-refractivity contribution in [2.24, 2.45) is 5.92 Å². The second kappa shape index (κ2) is 5.66. The fraction of sp³-hybridized carbons (Fsp3) is 0.917. The van der Waals surface area contributed by atoms with Crippen molar-refractivity contribution in [1.29, 1.82) is 0 Å². The summed E-state index contributed by atoms with van der Waals surface area (Å²) < 4.78 is 37.6. The van der Waals surface area contributed by atoms with E-state index in [9.17, 15) is 18.0 Å². The number of carbonyl (C=O) groups is 1. The third kappa shape index (κ3) is 3.39. The van der Waals surface area contributed by atoms with Gasteiger partial charge in [0.25, 0.3) is 0 Å². The van der Waals surface area contributed by atoms with E-state index in [2.05, 4.69) is 10.2 Å². The molecule has 2 saturated heterocycles. The van der Waals surface area contributed by atoms with Crippen LogP contribution >= 0.6 is 0 Å². The Morgan fingerprint density at radius 2 is 2.05 bits per heavy atom. The Morgan fingerprint density at radius 3 is 2.68 bits per heavy atom. The Kier molecular flexibility index (Phi) is 4.35. The molecule has 3 unspecified atom stereocenters. The van der Waals surface area contributed by atoms with E-state index in [1.807, 2.05) is 0 Å². The van der Waals surface area contributed by atoms with Crippen molar-refractivity contribution < 1.29 is 23.1 Å². The molecule has 3 atom stereocenters. The van der Waals surface area contributed by atoms with Gasteiger partial charge in [-0.15, -0.1) is 0 Å². The van der Waals surface area contributed by atoms with E-state index in [-0.39, 0.29) is 12.1 Å². The first-order chi connectivity index (χ1) is 8.89. The third-order valence-corrected chi connectivity index (χ3v) is 4.13. The number of hydrogen-bond donors (Lipinski definition) is 2. The number of carboxylic acid groups (broad SMARTS) is 1. The highest BCUT2D eigenvalue weighted by molar-refractivity contribution is 5.71. The van der Waals surface area contributed by atoms with Crippen LogP contribution in [0.15, 0.2) is 0 Å². The lowest BCUT2D eigenvalue weighted by molar-refractivity contribution is -0.192. The summed E-state index contributed by atoms with van der Waals surface area (Å²) in [6.45, 7) is 1.37. The van der Waals surface area contributed by atoms with Gasteiger partial charge in [-0.05, 0) is 25.8 Å². The van der Waals surface area contributed by atoms with E-state index in [1.54, 1.807) is 0 Å². The molecule has 0 saturated carbocycles. The molecule has 110 valence electrons. The quantitative estimate of drug-likeness (QED) is 0.819. The van der Waals surface area contributed by atoms with Crippen molar-refractivity contribution >= 4 is 5.97 Å². The van der Waals surface area contributed by atoms with Gasteiger partial charge < -0.3 is 10.4 Å². The first-order valence-electron chi connectivity index (χ1n) is 6.66. The van der Waals surface area contributed by atoms with Crippen LogP contribution in [0, 0.1) is 5.92 Å². The lowest BCUT2D eigenvalue weighted by Gasteiger charge is -2.33. The van der Waals surface area contributed by atoms with Crippen molar-refractivity contribution in [3.8, 4) is 0 Å². The number of nitrogens with one attached hydrogen (secondary N) is 1. The summed E-state index contributed by atoms with van der Waals surface area (Å²) in [5, 5.41) is 11.5. The Labute approximate surface area is 110 Å². The topological polar surface area (TPSA) is 52.6 Å². The van der Waals surface area contributed by atoms with Crippen molar-refractivity contribution in [3.63, 3.8) is 0 Å². The Bertz CT molecular complexity index is 335. The molecule has 0 aromatic rings. The van der Waals surface area contributed by atoms with Gasteiger partial charge in [-0.1, -0.05) is 6.42 Å². The van der Waals surface area contributed by atoms with Crippen LogP contribution in [0.2, 0.25) is 0 Å². The first kappa shape index (κ1) is 14.6. The molecular formula is C12H19F3N2O2. The number of halogens is 3. The molecule has 0 aliphatic carbocycles. The summed E-state index contributed by atoms with van der Waals surface area (Å²) in [6.07, 6.45) is -0.662. The SMILES string of the molecule is O=C(O)C(CNC1CCN2CCCCC12)C(F)(F)F. The van der Waals surface area contributed by atoms with E-state index in [1.165, 1.54) is 0 Å². The standard InChI is InChI=1S/C12H19F3N2O2/c13-12(14,15)8(11(18)19)7-16-9-4-6-17-5-2-1-3-10(9)17/h8-10,16H,1-7H2,(H,18,19). The molecule has 7 heteroatoms. The molecule has 0 bridgehead atoms. The minimum atomic E-state index is -4.69. The van der Waals surface area contributed by atoms with Gasteiger partial charge >= 0.3 is 12.1 Å². The van der Waals surface area contributed by atoms with Crippen LogP contribution in [-0.2, 0) is 4.79 Å². The van der Waals surface area contributed by atoms with Crippen molar-refractivity contribution in [3.05, 3.63) is 0 Å². The maximum atomic E-state index is 12.5. The predicted molar refractivity (Wildman–Crippen MR) is 62.8 cm³/mol. The second-order valence-electron chi connectivity index (χ2n) is 5.33. The van der Waals surface area contributed by atoms with Gasteiger partial charge in [0, 0.05) is 25.2 Å². The van der Waals surface area contributed by atoms with Gasteiger partial charge in [-0.3, -0.25) is 9.69 Å². The molecule has 0 aromatic heterocycles. The Morgan fingerprint density at radius 1 is 1.32 bits per heavy atom. The molecule has 2 fully saturated rings. The molecule has 0 amide bonds. The predicted octanol–water partition coefficient (Wildman–Crippen LogP) is 1.47. The Balaban J connectivity index is 1.89. The van der Waals surface area contributed by atoms with Gasteiger partial charge in [-0.25, -0.2) is 0 Å². The van der Waals surface area contributed by atoms with Gasteiger partial charge in [0.1, 0.15) is 0 Å². The number of hydrogen-bond acceptors (Lipinski definition) is 3. The normalized spacial score (nSPS) is 30.1. The average molecular weight is 280 g/mol. The zero-order chi connectivity index (χ0) is 14.0. The molecule has 0 aromatic carbocycles. The molecule has 2 heterocycles. The molecule has 4 nitrogen and oxygen atoms in total. The molecule has 2 aliphatic heterocycles. The maximum Gasteiger partial charge on any atom is 0.403 e. The number of carboxylic acids is 1. The summed E-state index contributed by atoms with van der Waals surface area (Å²) in [7, 11) is 0. The van der Waals surface area contributed by atoms with E-state index in [0.717, 1.165) is 38.8 Å². The van der Waals surface area contributed by atoms with Gasteiger partial charge in [0.15, 0.2) is 5.92 Å². The average Bonchev–Trinajstić information content (AvgIpc) is 2.71. The van der Waals surface area contributed by atoms with Gasteiger partial charge in [0.05, 0.1) is 0 Å². The second-order valence-corrected chi connectivity index (χ2v) is 5.33. The monoisotopic (exact) mass is 280 g/mol. The number of fused-ring (bicyclic) bond motifs is 1. The summed E-state index contributed by atoms with van der Waals surface area (Å²) in [4.78, 5) is 13.0. The fourth-order valence-electron chi connectivity index (χ4n) is 3.10. The molecule has 0 spiro atoms. The van der Waals surface area contributed by atoms with Crippen molar-refractivity contribution in [2.45, 2.75) is 43.9 Å². The number of rotatable bonds is 4. The van der Waals surface area contributed by atoms with E-state index in [0.29, 0.717) is 0 Å². The highest BCUT2D eigenvalue weighted by atomic mass is 19.4. The number of aliphatic carboxylic acids is 1. The van der Waals surface area contributed by atoms with Crippen LogP contribution in [0.3, 0.4) is 0 Å². The molecule has 2 N–H and O–H groups in total. The largest absolute Gasteiger partial charge is 0.481 e. The smallest absolute Gasteiger partial charge is 0.403 e. The summed E-state index contributed by atoms with van der Waals surface area (Å²) in [6, 6.07) is 0.265. The minimum Gasteiger partial charge on any atom is -0.481 e. The molecule has 2 aliphatic rings. The Hall–Kier alpha value is -0.820. The molecule has 2 rings (SSSR count). The van der Waals surface area contributed by atoms with Crippen LogP contribution in [-0.4, -0.2) is 53.9 Å². The molecular weight excluding hydrogens is 261 g/mol. The highest BCUT2D eigenvalue weighted by Gasteiger charge is 2.46. The number of alkyl halides is 3. The third-order valence-electron chi connectivity index (χ3n) is 4.13. The zero-order valence-corrected chi connectivity index (χ0v) is 10.6. The maximum absolute atomic E-state index is 12.5.